The molecule has 0 bridgehead atoms. The molecule has 11 aromatic rings. The first-order valence-corrected chi connectivity index (χ1v) is 35.9. The average molecular weight is 1550 g/mol. The minimum absolute atomic E-state index is 0.0487. The summed E-state index contributed by atoms with van der Waals surface area (Å²) >= 11 is 13.9. The minimum Gasteiger partial charge on any atom is -0.508 e. The van der Waals surface area contributed by atoms with Gasteiger partial charge in [0.15, 0.2) is 34.8 Å². The number of nitrogens with zero attached hydrogens (tertiary/aromatic N) is 8. The molecule has 0 spiro atoms. The fourth-order valence-corrected chi connectivity index (χ4v) is 15.6. The normalized spacial score (nSPS) is 11.2. The number of methoxy groups -OCH3 is 4. The van der Waals surface area contributed by atoms with Crippen molar-refractivity contribution in [2.45, 2.75) is 55.5 Å². The molecular weight excluding hydrogens is 1500 g/mol. The van der Waals surface area contributed by atoms with Crippen molar-refractivity contribution in [3.05, 3.63) is 231 Å². The Bertz CT molecular complexity index is 5020. The number of rotatable bonds is 21. The van der Waals surface area contributed by atoms with Crippen molar-refractivity contribution < 1.29 is 89.5 Å². The second-order valence-corrected chi connectivity index (χ2v) is 29.3. The van der Waals surface area contributed by atoms with E-state index in [4.69, 9.17) is 56.7 Å². The summed E-state index contributed by atoms with van der Waals surface area (Å²) in [4.78, 5) is 8.70. The highest BCUT2D eigenvalue weighted by Crippen LogP contribution is 2.38. The fraction of sp³-hybridized carbons (Fsp3) is 0.156. The van der Waals surface area contributed by atoms with Crippen LogP contribution >= 0.6 is 57.8 Å². The Morgan fingerprint density at radius 1 is 0.426 bits per heavy atom. The maximum absolute atomic E-state index is 15.2. The van der Waals surface area contributed by atoms with E-state index in [1.807, 2.05) is 31.6 Å². The van der Waals surface area contributed by atoms with Gasteiger partial charge in [-0.2, -0.15) is 13.1 Å². The van der Waals surface area contributed by atoms with Crippen molar-refractivity contribution in [2.24, 2.45) is 0 Å². The highest BCUT2D eigenvalue weighted by atomic mass is 35.5. The number of ether oxygens (including phenoxy) is 6. The Balaban J connectivity index is 0.000000183. The monoisotopic (exact) mass is 1550 g/mol. The van der Waals surface area contributed by atoms with Crippen molar-refractivity contribution in [2.75, 3.05) is 41.8 Å². The van der Waals surface area contributed by atoms with Crippen LogP contribution in [0, 0.1) is 68.4 Å². The van der Waals surface area contributed by atoms with Crippen molar-refractivity contribution >= 4 is 103 Å². The SMILES string of the molecule is COc1ccc(CN(c2ncns2)S(=O)(=O)c2cc(F)c(F)cc2F)c(OC)c1.COc1ccc(CN(c2ncns2)S(=O)(=O)c2cc(F)c(Oc3cc(C)cc(Cl)c3)cc2F)c(OC)c1.Cc1cc(C)cc(Oc2cc(F)c(S(=O)(=O)Nc3ncns3)cc2F)c1.Cc1cc(O)cc(Cl)c1. The van der Waals surface area contributed by atoms with Gasteiger partial charge in [0, 0.05) is 104 Å². The van der Waals surface area contributed by atoms with E-state index in [1.165, 1.54) is 40.6 Å². The van der Waals surface area contributed by atoms with Gasteiger partial charge in [0.1, 0.15) is 91.4 Å². The topological polar surface area (TPSA) is 274 Å². The van der Waals surface area contributed by atoms with Crippen LogP contribution in [-0.2, 0) is 43.2 Å². The van der Waals surface area contributed by atoms with E-state index < -0.39 is 97.0 Å². The first-order valence-electron chi connectivity index (χ1n) is 28.4. The van der Waals surface area contributed by atoms with E-state index in [0.717, 1.165) is 84.4 Å². The van der Waals surface area contributed by atoms with E-state index >= 15 is 8.78 Å². The average Bonchev–Trinajstić information content (AvgIpc) is 1.58. The third kappa shape index (κ3) is 19.9. The molecule has 37 heteroatoms. The molecule has 11 rings (SSSR count). The zero-order valence-corrected chi connectivity index (χ0v) is 60.0. The summed E-state index contributed by atoms with van der Waals surface area (Å²) in [5, 5.41) is 9.64. The lowest BCUT2D eigenvalue weighted by Gasteiger charge is -2.23. The van der Waals surface area contributed by atoms with Crippen LogP contribution in [0.1, 0.15) is 33.4 Å². The summed E-state index contributed by atoms with van der Waals surface area (Å²) in [6.07, 6.45) is 3.42. The van der Waals surface area contributed by atoms with Gasteiger partial charge >= 0.3 is 0 Å². The summed E-state index contributed by atoms with van der Waals surface area (Å²) in [7, 11) is -7.94. The zero-order valence-electron chi connectivity index (χ0n) is 53.5. The molecule has 2 N–H and O–H groups in total. The van der Waals surface area contributed by atoms with Gasteiger partial charge in [0.05, 0.1) is 41.5 Å². The Hall–Kier alpha value is -9.62. The molecule has 0 unspecified atom stereocenters. The molecule has 0 radical (unpaired) electrons. The molecule has 3 heterocycles. The van der Waals surface area contributed by atoms with Crippen molar-refractivity contribution in [1.82, 2.24) is 28.1 Å². The van der Waals surface area contributed by atoms with Gasteiger partial charge in [-0.3, -0.25) is 4.72 Å². The highest BCUT2D eigenvalue weighted by Gasteiger charge is 2.35. The molecule has 8 aromatic carbocycles. The number of phenols is 1. The second kappa shape index (κ2) is 33.7. The molecule has 0 aliphatic carbocycles. The van der Waals surface area contributed by atoms with Crippen molar-refractivity contribution in [3.8, 4) is 51.7 Å². The molecule has 0 atom stereocenters. The first-order chi connectivity index (χ1) is 47.8. The number of hydrogen-bond donors (Lipinski definition) is 2. The van der Waals surface area contributed by atoms with Crippen LogP contribution in [-0.4, -0.2) is 86.9 Å². The highest BCUT2D eigenvalue weighted by molar-refractivity contribution is 7.93. The molecular formula is C64H54Cl2F7N9O13S6. The van der Waals surface area contributed by atoms with Gasteiger partial charge in [-0.1, -0.05) is 29.3 Å². The molecule has 0 amide bonds. The van der Waals surface area contributed by atoms with Crippen LogP contribution in [0.5, 0.6) is 51.7 Å². The lowest BCUT2D eigenvalue weighted by molar-refractivity contribution is 0.391. The third-order valence-corrected chi connectivity index (χ3v) is 21.0. The van der Waals surface area contributed by atoms with E-state index in [0.29, 0.717) is 80.3 Å². The van der Waals surface area contributed by atoms with E-state index in [1.54, 1.807) is 79.7 Å². The van der Waals surface area contributed by atoms with Gasteiger partial charge in [-0.05, 0) is 123 Å². The van der Waals surface area contributed by atoms with Crippen LogP contribution in [0.25, 0.3) is 0 Å². The molecule has 0 saturated heterocycles. The van der Waals surface area contributed by atoms with Gasteiger partial charge in [-0.25, -0.2) is 79.5 Å². The van der Waals surface area contributed by atoms with Crippen LogP contribution in [0.4, 0.5) is 46.1 Å². The van der Waals surface area contributed by atoms with Crippen molar-refractivity contribution in [3.63, 3.8) is 0 Å². The van der Waals surface area contributed by atoms with Crippen LogP contribution in [0.15, 0.2) is 161 Å². The van der Waals surface area contributed by atoms with Gasteiger partial charge in [-0.15, -0.1) is 0 Å². The summed E-state index contributed by atoms with van der Waals surface area (Å²) in [6, 6.07) is 27.3. The second-order valence-electron chi connectivity index (χ2n) is 20.8. The van der Waals surface area contributed by atoms with Gasteiger partial charge in [0.25, 0.3) is 30.1 Å². The maximum Gasteiger partial charge on any atom is 0.269 e. The molecule has 101 heavy (non-hydrogen) atoms. The number of sulfonamides is 3. The number of hydrogen-bond acceptors (Lipinski definition) is 22. The lowest BCUT2D eigenvalue weighted by atomic mass is 10.1. The fourth-order valence-electron chi connectivity index (χ4n) is 8.97. The van der Waals surface area contributed by atoms with E-state index in [9.17, 15) is 47.2 Å². The predicted octanol–water partition coefficient (Wildman–Crippen LogP) is 15.7. The molecule has 0 aliphatic rings. The Labute approximate surface area is 596 Å². The number of aryl methyl sites for hydroxylation is 4. The third-order valence-electron chi connectivity index (χ3n) is 13.4. The van der Waals surface area contributed by atoms with Gasteiger partial charge < -0.3 is 33.5 Å². The molecule has 0 fully saturated rings. The number of halogens is 9. The number of benzene rings is 8. The maximum atomic E-state index is 15.2. The zero-order chi connectivity index (χ0) is 73.7. The largest absolute Gasteiger partial charge is 0.508 e. The lowest BCUT2D eigenvalue weighted by Crippen LogP contribution is -2.31. The van der Waals surface area contributed by atoms with Crippen LogP contribution < -0.4 is 41.8 Å². The summed E-state index contributed by atoms with van der Waals surface area (Å²) in [6.45, 7) is 6.68. The number of anilines is 3. The quantitative estimate of drug-likeness (QED) is 0.0499. The Morgan fingerprint density at radius 3 is 1.26 bits per heavy atom. The molecule has 0 saturated carbocycles. The number of nitrogens with one attached hydrogen (secondary N) is 1. The number of aromatic hydroxyl groups is 1. The van der Waals surface area contributed by atoms with E-state index in [-0.39, 0.29) is 46.0 Å². The molecule has 0 aliphatic heterocycles. The standard InChI is InChI=1S/C24H20ClF2N3O5S2.C17H14F3N3O4S2.C16H13F2N3O3S2.C7H7ClO/c1-14-6-16(25)8-18(7-14)35-22-10-20(27)23(11-19(22)26)37(31,32)30(24-28-13-29-36-24)12-15-4-5-17(33-2)9-21(15)34-3;1-26-11-4-3-10(15(5-11)27-2)8-23(17-21-9-22-28-17)29(24,25)16-7-13(19)12(18)6-14(16)20;1-9-3-10(2)5-11(4-9)24-14-6-13(18)15(7-12(14)17)26(22,23)21-16-19-8-20-25-16;1-5-2-6(8)4-7(9)3-5/h4-11,13H,12H2,1-3H3;3-7,9H,8H2,1-2H3;3-8H,1-2H3,(H,19,20,21);2-4,9H,1H3. The van der Waals surface area contributed by atoms with Crippen LogP contribution in [0.3, 0.4) is 0 Å². The number of aromatic nitrogens is 6. The predicted molar refractivity (Wildman–Crippen MR) is 366 cm³/mol. The summed E-state index contributed by atoms with van der Waals surface area (Å²) < 4.78 is 224. The van der Waals surface area contributed by atoms with Gasteiger partial charge in [0.2, 0.25) is 15.4 Å². The molecule has 532 valence electrons. The smallest absolute Gasteiger partial charge is 0.269 e. The van der Waals surface area contributed by atoms with Crippen molar-refractivity contribution in [1.29, 1.82) is 0 Å². The summed E-state index contributed by atoms with van der Waals surface area (Å²) in [5.41, 5.74) is 4.32. The van der Waals surface area contributed by atoms with Crippen LogP contribution in [0.2, 0.25) is 10.0 Å². The Kier molecular flexibility index (Phi) is 25.7. The minimum atomic E-state index is -4.66. The molecule has 3 aromatic heterocycles. The summed E-state index contributed by atoms with van der Waals surface area (Å²) in [5.74, 6) is -7.49. The Morgan fingerprint density at radius 2 is 0.832 bits per heavy atom. The molecule has 22 nitrogen and oxygen atoms in total. The first kappa shape index (κ1) is 77.1. The number of phenolic OH excluding ortho intramolecular Hbond substituents is 1. The van der Waals surface area contributed by atoms with E-state index in [2.05, 4.69) is 28.1 Å².